The van der Waals surface area contributed by atoms with Crippen molar-refractivity contribution >= 4 is 28.3 Å². The Labute approximate surface area is 92.8 Å². The first-order chi connectivity index (χ1) is 5.74. The number of nitrogens with zero attached hydrogens (tertiary/aromatic N) is 1. The van der Waals surface area contributed by atoms with Crippen LogP contribution in [0.2, 0.25) is 0 Å². The van der Waals surface area contributed by atoms with Gasteiger partial charge in [-0.15, -0.1) is 19.0 Å². The summed E-state index contributed by atoms with van der Waals surface area (Å²) < 4.78 is 0.819. The van der Waals surface area contributed by atoms with Gasteiger partial charge < -0.3 is 5.73 Å². The Hall–Kier alpha value is -0.380. The van der Waals surface area contributed by atoms with Gasteiger partial charge in [-0.3, -0.25) is 0 Å². The maximum absolute atomic E-state index is 5.85. The zero-order valence-corrected chi connectivity index (χ0v) is 9.51. The average molecular weight is 264 g/mol. The molecule has 2 nitrogen and oxygen atoms in total. The summed E-state index contributed by atoms with van der Waals surface area (Å²) in [5, 5.41) is 0. The van der Waals surface area contributed by atoms with Crippen molar-refractivity contribution in [2.45, 2.75) is 12.5 Å². The fourth-order valence-electron chi connectivity index (χ4n) is 0.964. The molecule has 0 fully saturated rings. The van der Waals surface area contributed by atoms with Crippen LogP contribution < -0.4 is 5.73 Å². The summed E-state index contributed by atoms with van der Waals surface area (Å²) in [6.45, 7) is 3.64. The Kier molecular flexibility index (Phi) is 5.95. The molecule has 2 N–H and O–H groups in total. The fourth-order valence-corrected chi connectivity index (χ4v) is 1.35. The van der Waals surface area contributed by atoms with E-state index in [2.05, 4.69) is 27.5 Å². The van der Waals surface area contributed by atoms with Gasteiger partial charge in [0.05, 0.1) is 0 Å². The standard InChI is InChI=1S/C9H11BrN2.ClH/c1-2-3-8(11)7-4-5-12-9(10)6-7;/h2,4-6,8H,1,3,11H2;1H/t8-;/m1./s1. The van der Waals surface area contributed by atoms with Crippen LogP contribution in [0.4, 0.5) is 0 Å². The summed E-state index contributed by atoms with van der Waals surface area (Å²) >= 11 is 3.29. The van der Waals surface area contributed by atoms with Gasteiger partial charge in [-0.25, -0.2) is 4.98 Å². The first kappa shape index (κ1) is 12.6. The minimum Gasteiger partial charge on any atom is -0.324 e. The van der Waals surface area contributed by atoms with Gasteiger partial charge in [-0.05, 0) is 40.0 Å². The zero-order chi connectivity index (χ0) is 8.97. The highest BCUT2D eigenvalue weighted by Crippen LogP contribution is 2.16. The van der Waals surface area contributed by atoms with Crippen LogP contribution >= 0.6 is 28.3 Å². The van der Waals surface area contributed by atoms with Crippen molar-refractivity contribution in [1.82, 2.24) is 4.98 Å². The number of aromatic nitrogens is 1. The molecule has 4 heteroatoms. The second-order valence-electron chi connectivity index (χ2n) is 2.54. The first-order valence-electron chi connectivity index (χ1n) is 3.72. The van der Waals surface area contributed by atoms with Gasteiger partial charge in [0, 0.05) is 12.2 Å². The van der Waals surface area contributed by atoms with Gasteiger partial charge in [-0.2, -0.15) is 0 Å². The summed E-state index contributed by atoms with van der Waals surface area (Å²) in [4.78, 5) is 4.02. The van der Waals surface area contributed by atoms with Gasteiger partial charge in [0.2, 0.25) is 0 Å². The zero-order valence-electron chi connectivity index (χ0n) is 7.11. The van der Waals surface area contributed by atoms with E-state index >= 15 is 0 Å². The molecule has 13 heavy (non-hydrogen) atoms. The Morgan fingerprint density at radius 3 is 2.92 bits per heavy atom. The lowest BCUT2D eigenvalue weighted by molar-refractivity contribution is 0.739. The molecule has 1 heterocycles. The molecular formula is C9H12BrClN2. The molecule has 0 radical (unpaired) electrons. The quantitative estimate of drug-likeness (QED) is 0.673. The van der Waals surface area contributed by atoms with E-state index in [0.717, 1.165) is 16.6 Å². The van der Waals surface area contributed by atoms with E-state index in [0.29, 0.717) is 0 Å². The fraction of sp³-hybridized carbons (Fsp3) is 0.222. The molecule has 0 saturated carbocycles. The molecule has 72 valence electrons. The van der Waals surface area contributed by atoms with Crippen LogP contribution in [0.1, 0.15) is 18.0 Å². The summed E-state index contributed by atoms with van der Waals surface area (Å²) in [6, 6.07) is 3.87. The Morgan fingerprint density at radius 1 is 1.69 bits per heavy atom. The average Bonchev–Trinajstić information content (AvgIpc) is 2.05. The molecule has 0 aliphatic heterocycles. The molecule has 0 aliphatic carbocycles. The van der Waals surface area contributed by atoms with Crippen LogP contribution in [-0.4, -0.2) is 4.98 Å². The van der Waals surface area contributed by atoms with Crippen LogP contribution in [-0.2, 0) is 0 Å². The minimum absolute atomic E-state index is 0. The molecule has 1 aromatic heterocycles. The summed E-state index contributed by atoms with van der Waals surface area (Å²) in [5.41, 5.74) is 6.93. The third-order valence-corrected chi connectivity index (χ3v) is 2.03. The summed E-state index contributed by atoms with van der Waals surface area (Å²) in [7, 11) is 0. The Balaban J connectivity index is 0.00000144. The molecule has 0 aromatic carbocycles. The normalized spacial score (nSPS) is 11.5. The van der Waals surface area contributed by atoms with Gasteiger partial charge in [0.15, 0.2) is 0 Å². The lowest BCUT2D eigenvalue weighted by Crippen LogP contribution is -2.08. The number of pyridine rings is 1. The van der Waals surface area contributed by atoms with E-state index < -0.39 is 0 Å². The van der Waals surface area contributed by atoms with Crippen LogP contribution in [0.25, 0.3) is 0 Å². The van der Waals surface area contributed by atoms with E-state index in [-0.39, 0.29) is 18.4 Å². The maximum Gasteiger partial charge on any atom is 0.106 e. The van der Waals surface area contributed by atoms with Crippen LogP contribution in [0, 0.1) is 0 Å². The molecule has 1 rings (SSSR count). The molecule has 0 aliphatic rings. The SMILES string of the molecule is C=CC[C@@H](N)c1ccnc(Br)c1.Cl. The first-order valence-corrected chi connectivity index (χ1v) is 4.51. The monoisotopic (exact) mass is 262 g/mol. The number of rotatable bonds is 3. The van der Waals surface area contributed by atoms with E-state index in [4.69, 9.17) is 5.73 Å². The molecule has 0 saturated heterocycles. The van der Waals surface area contributed by atoms with E-state index in [1.165, 1.54) is 0 Å². The van der Waals surface area contributed by atoms with Crippen molar-refractivity contribution in [3.05, 3.63) is 41.2 Å². The smallest absolute Gasteiger partial charge is 0.106 e. The lowest BCUT2D eigenvalue weighted by atomic mass is 10.1. The van der Waals surface area contributed by atoms with Gasteiger partial charge in [0.1, 0.15) is 4.60 Å². The van der Waals surface area contributed by atoms with Crippen molar-refractivity contribution in [2.75, 3.05) is 0 Å². The van der Waals surface area contributed by atoms with Crippen LogP contribution in [0.15, 0.2) is 35.6 Å². The Bertz CT molecular complexity index is 278. The van der Waals surface area contributed by atoms with Crippen LogP contribution in [0.5, 0.6) is 0 Å². The van der Waals surface area contributed by atoms with E-state index in [1.54, 1.807) is 6.20 Å². The van der Waals surface area contributed by atoms with Gasteiger partial charge in [-0.1, -0.05) is 6.08 Å². The van der Waals surface area contributed by atoms with E-state index in [9.17, 15) is 0 Å². The molecule has 0 spiro atoms. The van der Waals surface area contributed by atoms with Crippen molar-refractivity contribution in [1.29, 1.82) is 0 Å². The largest absolute Gasteiger partial charge is 0.324 e. The van der Waals surface area contributed by atoms with E-state index in [1.807, 2.05) is 18.2 Å². The molecule has 1 atom stereocenters. The third kappa shape index (κ3) is 3.89. The summed E-state index contributed by atoms with van der Waals surface area (Å²) in [5.74, 6) is 0. The highest BCUT2D eigenvalue weighted by molar-refractivity contribution is 9.10. The molecule has 0 bridgehead atoms. The lowest BCUT2D eigenvalue weighted by Gasteiger charge is -2.08. The topological polar surface area (TPSA) is 38.9 Å². The molecule has 0 unspecified atom stereocenters. The highest BCUT2D eigenvalue weighted by Gasteiger charge is 2.03. The van der Waals surface area contributed by atoms with Crippen molar-refractivity contribution in [3.8, 4) is 0 Å². The van der Waals surface area contributed by atoms with Crippen LogP contribution in [0.3, 0.4) is 0 Å². The van der Waals surface area contributed by atoms with Crippen molar-refractivity contribution < 1.29 is 0 Å². The molecule has 1 aromatic rings. The van der Waals surface area contributed by atoms with Gasteiger partial charge >= 0.3 is 0 Å². The molecular weight excluding hydrogens is 251 g/mol. The van der Waals surface area contributed by atoms with Crippen molar-refractivity contribution in [3.63, 3.8) is 0 Å². The summed E-state index contributed by atoms with van der Waals surface area (Å²) in [6.07, 6.45) is 4.35. The number of halogens is 2. The number of nitrogens with two attached hydrogens (primary N) is 1. The van der Waals surface area contributed by atoms with Gasteiger partial charge in [0.25, 0.3) is 0 Å². The predicted molar refractivity (Wildman–Crippen MR) is 60.9 cm³/mol. The third-order valence-electron chi connectivity index (χ3n) is 1.60. The minimum atomic E-state index is 0. The number of hydrogen-bond acceptors (Lipinski definition) is 2. The maximum atomic E-state index is 5.85. The molecule has 0 amide bonds. The predicted octanol–water partition coefficient (Wildman–Crippen LogP) is 2.84. The second-order valence-corrected chi connectivity index (χ2v) is 3.36. The van der Waals surface area contributed by atoms with Crippen molar-refractivity contribution in [2.24, 2.45) is 5.73 Å². The Morgan fingerprint density at radius 2 is 2.38 bits per heavy atom. The second kappa shape index (κ2) is 6.13. The highest BCUT2D eigenvalue weighted by atomic mass is 79.9. The number of hydrogen-bond donors (Lipinski definition) is 1.